The summed E-state index contributed by atoms with van der Waals surface area (Å²) in [4.78, 5) is 27.4. The summed E-state index contributed by atoms with van der Waals surface area (Å²) in [5.74, 6) is 2.21. The minimum Gasteiger partial charge on any atom is -0.497 e. The zero-order chi connectivity index (χ0) is 20.1. The van der Waals surface area contributed by atoms with Crippen LogP contribution in [0.3, 0.4) is 0 Å². The molecule has 1 aliphatic rings. The molecule has 29 heavy (non-hydrogen) atoms. The summed E-state index contributed by atoms with van der Waals surface area (Å²) < 4.78 is 11.0. The lowest BCUT2D eigenvalue weighted by atomic mass is 9.93. The van der Waals surface area contributed by atoms with Crippen molar-refractivity contribution in [2.75, 3.05) is 20.2 Å². The van der Waals surface area contributed by atoms with E-state index in [4.69, 9.17) is 9.47 Å². The SMILES string of the molecule is COc1ccc(Oc2cncc(C3CCN(C(=O)c4ccncc4)CC3)n2)cc1. The molecule has 0 unspecified atom stereocenters. The fraction of sp³-hybridized carbons (Fsp3) is 0.273. The molecule has 7 heteroatoms. The van der Waals surface area contributed by atoms with Gasteiger partial charge in [-0.3, -0.25) is 14.8 Å². The fourth-order valence-corrected chi connectivity index (χ4v) is 3.43. The number of pyridine rings is 1. The van der Waals surface area contributed by atoms with Gasteiger partial charge in [0.1, 0.15) is 11.5 Å². The van der Waals surface area contributed by atoms with E-state index in [1.807, 2.05) is 29.2 Å². The first-order valence-corrected chi connectivity index (χ1v) is 9.56. The van der Waals surface area contributed by atoms with Crippen LogP contribution in [0.15, 0.2) is 61.2 Å². The molecule has 7 nitrogen and oxygen atoms in total. The van der Waals surface area contributed by atoms with E-state index >= 15 is 0 Å². The highest BCUT2D eigenvalue weighted by atomic mass is 16.5. The number of nitrogens with zero attached hydrogens (tertiary/aromatic N) is 4. The van der Waals surface area contributed by atoms with Gasteiger partial charge in [-0.15, -0.1) is 0 Å². The fourth-order valence-electron chi connectivity index (χ4n) is 3.43. The zero-order valence-electron chi connectivity index (χ0n) is 16.2. The third kappa shape index (κ3) is 4.51. The standard InChI is InChI=1S/C22H22N4O3/c1-28-18-2-4-19(5-3-18)29-21-15-24-14-20(25-21)16-8-12-26(13-9-16)22(27)17-6-10-23-11-7-17/h2-7,10-11,14-16H,8-9,12-13H2,1H3. The summed E-state index contributed by atoms with van der Waals surface area (Å²) in [7, 11) is 1.63. The van der Waals surface area contributed by atoms with Crippen LogP contribution in [0.2, 0.25) is 0 Å². The van der Waals surface area contributed by atoms with Crippen LogP contribution in [-0.2, 0) is 0 Å². The van der Waals surface area contributed by atoms with Crippen molar-refractivity contribution in [1.29, 1.82) is 0 Å². The minimum atomic E-state index is 0.0496. The van der Waals surface area contributed by atoms with E-state index in [0.717, 1.165) is 24.3 Å². The highest BCUT2D eigenvalue weighted by molar-refractivity contribution is 5.94. The van der Waals surface area contributed by atoms with Gasteiger partial charge in [-0.05, 0) is 49.2 Å². The Labute approximate surface area is 169 Å². The summed E-state index contributed by atoms with van der Waals surface area (Å²) in [5.41, 5.74) is 1.57. The molecule has 3 heterocycles. The molecule has 0 N–H and O–H groups in total. The average molecular weight is 390 g/mol. The molecule has 0 radical (unpaired) electrons. The van der Waals surface area contributed by atoms with Crippen molar-refractivity contribution < 1.29 is 14.3 Å². The molecule has 0 saturated carbocycles. The van der Waals surface area contributed by atoms with Gasteiger partial charge in [0, 0.05) is 43.2 Å². The summed E-state index contributed by atoms with van der Waals surface area (Å²) in [6, 6.07) is 10.8. The van der Waals surface area contributed by atoms with Crippen LogP contribution in [0.5, 0.6) is 17.4 Å². The van der Waals surface area contributed by atoms with Crippen LogP contribution in [0, 0.1) is 0 Å². The van der Waals surface area contributed by atoms with Crippen molar-refractivity contribution in [2.45, 2.75) is 18.8 Å². The zero-order valence-corrected chi connectivity index (χ0v) is 16.2. The molecule has 2 aromatic heterocycles. The van der Waals surface area contributed by atoms with E-state index in [0.29, 0.717) is 30.3 Å². The number of rotatable bonds is 5. The second-order valence-corrected chi connectivity index (χ2v) is 6.86. The Kier molecular flexibility index (Phi) is 5.65. The van der Waals surface area contributed by atoms with Crippen LogP contribution in [0.25, 0.3) is 0 Å². The lowest BCUT2D eigenvalue weighted by Gasteiger charge is -2.31. The minimum absolute atomic E-state index is 0.0496. The second kappa shape index (κ2) is 8.68. The molecule has 148 valence electrons. The Morgan fingerprint density at radius 1 is 0.966 bits per heavy atom. The van der Waals surface area contributed by atoms with E-state index < -0.39 is 0 Å². The highest BCUT2D eigenvalue weighted by Crippen LogP contribution is 2.29. The van der Waals surface area contributed by atoms with Crippen molar-refractivity contribution in [2.24, 2.45) is 0 Å². The van der Waals surface area contributed by atoms with E-state index in [9.17, 15) is 4.79 Å². The first kappa shape index (κ1) is 18.9. The van der Waals surface area contributed by atoms with Crippen LogP contribution < -0.4 is 9.47 Å². The predicted molar refractivity (Wildman–Crippen MR) is 107 cm³/mol. The molecule has 1 fully saturated rings. The maximum Gasteiger partial charge on any atom is 0.253 e. The number of hydrogen-bond donors (Lipinski definition) is 0. The lowest BCUT2D eigenvalue weighted by Crippen LogP contribution is -2.38. The molecule has 0 aliphatic carbocycles. The van der Waals surface area contributed by atoms with Gasteiger partial charge < -0.3 is 14.4 Å². The van der Waals surface area contributed by atoms with Crippen molar-refractivity contribution in [3.8, 4) is 17.4 Å². The third-order valence-corrected chi connectivity index (χ3v) is 5.04. The number of carbonyl (C=O) groups is 1. The Hall–Kier alpha value is -3.48. The number of hydrogen-bond acceptors (Lipinski definition) is 6. The highest BCUT2D eigenvalue weighted by Gasteiger charge is 2.25. The van der Waals surface area contributed by atoms with Gasteiger partial charge in [-0.1, -0.05) is 0 Å². The maximum atomic E-state index is 12.6. The number of carbonyl (C=O) groups excluding carboxylic acids is 1. The molecule has 0 atom stereocenters. The van der Waals surface area contributed by atoms with Crippen molar-refractivity contribution in [3.63, 3.8) is 0 Å². The van der Waals surface area contributed by atoms with E-state index in [1.165, 1.54) is 0 Å². The molecule has 0 bridgehead atoms. The molecule has 1 amide bonds. The van der Waals surface area contributed by atoms with Crippen molar-refractivity contribution in [1.82, 2.24) is 19.9 Å². The van der Waals surface area contributed by atoms with Crippen LogP contribution >= 0.6 is 0 Å². The van der Waals surface area contributed by atoms with Gasteiger partial charge in [-0.25, -0.2) is 4.98 Å². The molecular weight excluding hydrogens is 368 g/mol. The Morgan fingerprint density at radius 3 is 2.34 bits per heavy atom. The number of benzene rings is 1. The monoisotopic (exact) mass is 390 g/mol. The normalized spacial score (nSPS) is 14.4. The van der Waals surface area contributed by atoms with Crippen LogP contribution in [0.4, 0.5) is 0 Å². The average Bonchev–Trinajstić information content (AvgIpc) is 2.80. The number of amides is 1. The van der Waals surface area contributed by atoms with Crippen LogP contribution in [0.1, 0.15) is 34.8 Å². The quantitative estimate of drug-likeness (QED) is 0.661. The van der Waals surface area contributed by atoms with E-state index in [-0.39, 0.29) is 11.8 Å². The molecular formula is C22H22N4O3. The largest absolute Gasteiger partial charge is 0.497 e. The van der Waals surface area contributed by atoms with Gasteiger partial charge in [-0.2, -0.15) is 0 Å². The number of methoxy groups -OCH3 is 1. The number of aromatic nitrogens is 3. The van der Waals surface area contributed by atoms with E-state index in [1.54, 1.807) is 44.0 Å². The lowest BCUT2D eigenvalue weighted by molar-refractivity contribution is 0.0711. The second-order valence-electron chi connectivity index (χ2n) is 6.86. The van der Waals surface area contributed by atoms with Gasteiger partial charge in [0.05, 0.1) is 19.0 Å². The maximum absolute atomic E-state index is 12.6. The molecule has 1 aromatic carbocycles. The van der Waals surface area contributed by atoms with Gasteiger partial charge in [0.2, 0.25) is 5.88 Å². The van der Waals surface area contributed by atoms with Crippen molar-refractivity contribution in [3.05, 3.63) is 72.4 Å². The van der Waals surface area contributed by atoms with Gasteiger partial charge in [0.15, 0.2) is 0 Å². The molecule has 1 aliphatic heterocycles. The number of likely N-dealkylation sites (tertiary alicyclic amines) is 1. The topological polar surface area (TPSA) is 77.4 Å². The van der Waals surface area contributed by atoms with E-state index in [2.05, 4.69) is 15.0 Å². The summed E-state index contributed by atoms with van der Waals surface area (Å²) in [6.45, 7) is 1.38. The molecule has 0 spiro atoms. The number of ether oxygens (including phenoxy) is 2. The number of piperidine rings is 1. The smallest absolute Gasteiger partial charge is 0.253 e. The third-order valence-electron chi connectivity index (χ3n) is 5.04. The van der Waals surface area contributed by atoms with Gasteiger partial charge in [0.25, 0.3) is 5.91 Å². The molecule has 4 rings (SSSR count). The van der Waals surface area contributed by atoms with Crippen molar-refractivity contribution >= 4 is 5.91 Å². The summed E-state index contributed by atoms with van der Waals surface area (Å²) in [6.07, 6.45) is 8.37. The first-order valence-electron chi connectivity index (χ1n) is 9.56. The van der Waals surface area contributed by atoms with Gasteiger partial charge >= 0.3 is 0 Å². The molecule has 1 saturated heterocycles. The Morgan fingerprint density at radius 2 is 1.66 bits per heavy atom. The first-order chi connectivity index (χ1) is 14.2. The van der Waals surface area contributed by atoms with Crippen LogP contribution in [-0.4, -0.2) is 46.0 Å². The summed E-state index contributed by atoms with van der Waals surface area (Å²) in [5, 5.41) is 0. The predicted octanol–water partition coefficient (Wildman–Crippen LogP) is 3.69. The Balaban J connectivity index is 1.38. The Bertz CT molecular complexity index is 955. The molecule has 3 aromatic rings. The summed E-state index contributed by atoms with van der Waals surface area (Å²) >= 11 is 0.